The number of hydrogen-bond acceptors (Lipinski definition) is 5. The van der Waals surface area contributed by atoms with Crippen LogP contribution in [0.3, 0.4) is 0 Å². The number of carboxylic acids is 1. The zero-order chi connectivity index (χ0) is 27.2. The summed E-state index contributed by atoms with van der Waals surface area (Å²) in [6.07, 6.45) is 0.912. The lowest BCUT2D eigenvalue weighted by molar-refractivity contribution is -0.144. The molecule has 3 N–H and O–H groups in total. The average Bonchev–Trinajstić information content (AvgIpc) is 2.86. The van der Waals surface area contributed by atoms with E-state index >= 15 is 0 Å². The van der Waals surface area contributed by atoms with Gasteiger partial charge in [0.15, 0.2) is 0 Å². The number of benzene rings is 2. The number of carboxylic acid groups (broad SMARTS) is 1. The molecule has 1 aliphatic rings. The number of likely N-dealkylation sites (tertiary alicyclic amines) is 1. The van der Waals surface area contributed by atoms with Crippen LogP contribution in [0.1, 0.15) is 37.8 Å². The highest BCUT2D eigenvalue weighted by Crippen LogP contribution is 2.21. The predicted octanol–water partition coefficient (Wildman–Crippen LogP) is 2.35. The number of nitrogens with one attached hydrogen (secondary N) is 2. The number of carbonyl (C=O) groups is 3. The van der Waals surface area contributed by atoms with Crippen molar-refractivity contribution in [2.24, 2.45) is 11.8 Å². The van der Waals surface area contributed by atoms with E-state index in [9.17, 15) is 27.9 Å². The number of carbonyl (C=O) groups excluding carboxylic acids is 2. The van der Waals surface area contributed by atoms with Gasteiger partial charge in [-0.3, -0.25) is 9.59 Å². The van der Waals surface area contributed by atoms with Crippen LogP contribution in [0, 0.1) is 18.8 Å². The van der Waals surface area contributed by atoms with Crippen molar-refractivity contribution in [1.29, 1.82) is 0 Å². The second kappa shape index (κ2) is 12.3. The zero-order valence-corrected chi connectivity index (χ0v) is 22.2. The second-order valence-electron chi connectivity index (χ2n) is 9.84. The predicted molar refractivity (Wildman–Crippen MR) is 139 cm³/mol. The van der Waals surface area contributed by atoms with Crippen LogP contribution in [-0.2, 0) is 30.8 Å². The fraction of sp³-hybridized carbons (Fsp3) is 0.444. The number of rotatable bonds is 10. The van der Waals surface area contributed by atoms with Crippen molar-refractivity contribution in [2.75, 3.05) is 13.1 Å². The minimum absolute atomic E-state index is 0.0810. The summed E-state index contributed by atoms with van der Waals surface area (Å²) >= 11 is 0. The molecule has 2 atom stereocenters. The van der Waals surface area contributed by atoms with Gasteiger partial charge >= 0.3 is 5.97 Å². The van der Waals surface area contributed by atoms with E-state index in [1.807, 2.05) is 37.3 Å². The number of nitrogens with zero attached hydrogens (tertiary/aromatic N) is 1. The number of hydrogen-bond donors (Lipinski definition) is 3. The lowest BCUT2D eigenvalue weighted by atomic mass is 9.94. The fourth-order valence-corrected chi connectivity index (χ4v) is 5.56. The van der Waals surface area contributed by atoms with Crippen LogP contribution < -0.4 is 10.0 Å². The Bertz CT molecular complexity index is 1190. The summed E-state index contributed by atoms with van der Waals surface area (Å²) in [5, 5.41) is 12.0. The first-order chi connectivity index (χ1) is 17.5. The molecular formula is C27H35N3O6S. The molecule has 0 aromatic heterocycles. The molecule has 2 aromatic rings. The summed E-state index contributed by atoms with van der Waals surface area (Å²) in [6, 6.07) is 13.6. The van der Waals surface area contributed by atoms with Crippen LogP contribution in [0.5, 0.6) is 0 Å². The van der Waals surface area contributed by atoms with Gasteiger partial charge in [0.2, 0.25) is 21.8 Å². The average molecular weight is 530 g/mol. The summed E-state index contributed by atoms with van der Waals surface area (Å²) in [6.45, 7) is 5.86. The molecule has 2 unspecified atom stereocenters. The molecular weight excluding hydrogens is 494 g/mol. The molecule has 1 aliphatic heterocycles. The van der Waals surface area contributed by atoms with Crippen molar-refractivity contribution in [3.8, 4) is 0 Å². The van der Waals surface area contributed by atoms with Crippen molar-refractivity contribution >= 4 is 27.8 Å². The van der Waals surface area contributed by atoms with Crippen LogP contribution in [0.2, 0.25) is 0 Å². The van der Waals surface area contributed by atoms with E-state index in [-0.39, 0.29) is 42.1 Å². The van der Waals surface area contributed by atoms with Crippen molar-refractivity contribution in [3.05, 3.63) is 65.7 Å². The summed E-state index contributed by atoms with van der Waals surface area (Å²) < 4.78 is 28.8. The summed E-state index contributed by atoms with van der Waals surface area (Å²) in [4.78, 5) is 39.3. The van der Waals surface area contributed by atoms with Gasteiger partial charge in [0.25, 0.3) is 0 Å². The molecule has 0 saturated carbocycles. The van der Waals surface area contributed by atoms with Crippen molar-refractivity contribution in [3.63, 3.8) is 0 Å². The molecule has 200 valence electrons. The molecule has 0 aliphatic carbocycles. The van der Waals surface area contributed by atoms with Crippen molar-refractivity contribution in [1.82, 2.24) is 14.9 Å². The Morgan fingerprint density at radius 1 is 1.00 bits per heavy atom. The second-order valence-corrected chi connectivity index (χ2v) is 11.6. The summed E-state index contributed by atoms with van der Waals surface area (Å²) in [5.41, 5.74) is 1.74. The standard InChI is InChI=1S/C27H35N3O6S/c1-18(2)24(27(33)34)28-25(31)21-13-15-30(16-14-21)26(32)23(17-20-7-5-4-6-8-20)29-37(35,36)22-11-9-19(3)10-12-22/h4-12,18,21,23-24,29H,13-17H2,1-3H3,(H,28,31)(H,33,34). The smallest absolute Gasteiger partial charge is 0.326 e. The first kappa shape index (κ1) is 28.3. The third-order valence-electron chi connectivity index (χ3n) is 6.62. The Hall–Kier alpha value is -3.24. The molecule has 1 heterocycles. The molecule has 37 heavy (non-hydrogen) atoms. The number of piperidine rings is 1. The van der Waals surface area contributed by atoms with E-state index in [2.05, 4.69) is 10.0 Å². The van der Waals surface area contributed by atoms with Crippen LogP contribution >= 0.6 is 0 Å². The molecule has 0 radical (unpaired) electrons. The van der Waals surface area contributed by atoms with Gasteiger partial charge in [0.05, 0.1) is 4.90 Å². The van der Waals surface area contributed by atoms with Gasteiger partial charge < -0.3 is 15.3 Å². The molecule has 2 aromatic carbocycles. The van der Waals surface area contributed by atoms with Gasteiger partial charge in [0.1, 0.15) is 12.1 Å². The van der Waals surface area contributed by atoms with E-state index < -0.39 is 34.0 Å². The topological polar surface area (TPSA) is 133 Å². The molecule has 1 saturated heterocycles. The SMILES string of the molecule is Cc1ccc(S(=O)(=O)NC(Cc2ccccc2)C(=O)N2CCC(C(=O)NC(C(=O)O)C(C)C)CC2)cc1. The molecule has 10 heteroatoms. The highest BCUT2D eigenvalue weighted by atomic mass is 32.2. The lowest BCUT2D eigenvalue weighted by Crippen LogP contribution is -2.53. The maximum atomic E-state index is 13.5. The van der Waals surface area contributed by atoms with Crippen molar-refractivity contribution in [2.45, 2.75) is 57.0 Å². The Balaban J connectivity index is 1.71. The quantitative estimate of drug-likeness (QED) is 0.433. The maximum Gasteiger partial charge on any atom is 0.326 e. The van der Waals surface area contributed by atoms with Crippen molar-refractivity contribution < 1.29 is 27.9 Å². The maximum absolute atomic E-state index is 13.5. The molecule has 2 amide bonds. The number of aryl methyl sites for hydroxylation is 1. The highest BCUT2D eigenvalue weighted by Gasteiger charge is 2.34. The molecule has 9 nitrogen and oxygen atoms in total. The first-order valence-electron chi connectivity index (χ1n) is 12.4. The largest absolute Gasteiger partial charge is 0.480 e. The minimum Gasteiger partial charge on any atom is -0.480 e. The number of amides is 2. The Morgan fingerprint density at radius 3 is 2.14 bits per heavy atom. The Labute approximate surface area is 218 Å². The van der Waals surface area contributed by atoms with Crippen LogP contribution in [0.15, 0.2) is 59.5 Å². The molecule has 0 spiro atoms. The zero-order valence-electron chi connectivity index (χ0n) is 21.4. The normalized spacial score (nSPS) is 16.3. The third-order valence-corrected chi connectivity index (χ3v) is 8.10. The van der Waals surface area contributed by atoms with E-state index in [1.165, 1.54) is 12.1 Å². The van der Waals surface area contributed by atoms with E-state index in [0.29, 0.717) is 12.8 Å². The summed E-state index contributed by atoms with van der Waals surface area (Å²) in [7, 11) is -3.95. The lowest BCUT2D eigenvalue weighted by Gasteiger charge is -2.34. The fourth-order valence-electron chi connectivity index (χ4n) is 4.37. The highest BCUT2D eigenvalue weighted by molar-refractivity contribution is 7.89. The van der Waals surface area contributed by atoms with Gasteiger partial charge in [-0.2, -0.15) is 4.72 Å². The Morgan fingerprint density at radius 2 is 1.59 bits per heavy atom. The van der Waals surface area contributed by atoms with Gasteiger partial charge in [-0.15, -0.1) is 0 Å². The molecule has 3 rings (SSSR count). The van der Waals surface area contributed by atoms with Crippen LogP contribution in [0.25, 0.3) is 0 Å². The monoisotopic (exact) mass is 529 g/mol. The summed E-state index contributed by atoms with van der Waals surface area (Å²) in [5.74, 6) is -2.46. The van der Waals surface area contributed by atoms with E-state index in [0.717, 1.165) is 11.1 Å². The van der Waals surface area contributed by atoms with Crippen LogP contribution in [-0.4, -0.2) is 61.4 Å². The Kier molecular flexibility index (Phi) is 9.45. The van der Waals surface area contributed by atoms with Gasteiger partial charge in [-0.05, 0) is 49.8 Å². The number of aliphatic carboxylic acids is 1. The van der Waals surface area contributed by atoms with Gasteiger partial charge in [0, 0.05) is 19.0 Å². The van der Waals surface area contributed by atoms with Gasteiger partial charge in [-0.25, -0.2) is 13.2 Å². The van der Waals surface area contributed by atoms with Gasteiger partial charge in [-0.1, -0.05) is 61.9 Å². The third kappa shape index (κ3) is 7.62. The first-order valence-corrected chi connectivity index (χ1v) is 13.9. The van der Waals surface area contributed by atoms with E-state index in [1.54, 1.807) is 30.9 Å². The number of sulfonamides is 1. The van der Waals surface area contributed by atoms with Crippen LogP contribution in [0.4, 0.5) is 0 Å². The minimum atomic E-state index is -3.95. The molecule has 0 bridgehead atoms. The van der Waals surface area contributed by atoms with E-state index in [4.69, 9.17) is 0 Å². The molecule has 1 fully saturated rings.